The average Bonchev–Trinajstić information content (AvgIpc) is 2.67. The van der Waals surface area contributed by atoms with E-state index in [9.17, 15) is 22.0 Å². The first-order valence-corrected chi connectivity index (χ1v) is 12.6. The molecule has 5 nitrogen and oxygen atoms in total. The Morgan fingerprint density at radius 1 is 1.20 bits per heavy atom. The number of sulfonamides is 1. The van der Waals surface area contributed by atoms with Gasteiger partial charge in [0.05, 0.1) is 11.9 Å². The molecule has 2 aromatic carbocycles. The van der Waals surface area contributed by atoms with Crippen LogP contribution in [0.1, 0.15) is 18.9 Å². The zero-order valence-electron chi connectivity index (χ0n) is 16.6. The van der Waals surface area contributed by atoms with E-state index in [2.05, 4.69) is 5.32 Å². The SMILES string of the molecule is CC[C@H](C(=O)NCCSCc1c(F)cccc1Cl)N(c1ccc(F)cc1)S(C)(=O)=O. The van der Waals surface area contributed by atoms with E-state index in [0.717, 1.165) is 22.7 Å². The third kappa shape index (κ3) is 6.58. The molecule has 0 heterocycles. The van der Waals surface area contributed by atoms with Crippen LogP contribution in [0.3, 0.4) is 0 Å². The Balaban J connectivity index is 1.98. The lowest BCUT2D eigenvalue weighted by Gasteiger charge is -2.30. The van der Waals surface area contributed by atoms with Gasteiger partial charge in [-0.15, -0.1) is 0 Å². The van der Waals surface area contributed by atoms with E-state index in [0.29, 0.717) is 22.1 Å². The molecule has 0 bridgehead atoms. The molecule has 1 atom stereocenters. The molecule has 2 rings (SSSR count). The molecule has 0 aromatic heterocycles. The molecular weight excluding hydrogens is 454 g/mol. The molecule has 0 aliphatic rings. The minimum Gasteiger partial charge on any atom is -0.353 e. The summed E-state index contributed by atoms with van der Waals surface area (Å²) in [6, 6.07) is 8.43. The molecule has 0 saturated heterocycles. The largest absolute Gasteiger partial charge is 0.353 e. The van der Waals surface area contributed by atoms with Crippen LogP contribution < -0.4 is 9.62 Å². The van der Waals surface area contributed by atoms with Gasteiger partial charge in [-0.25, -0.2) is 17.2 Å². The van der Waals surface area contributed by atoms with Crippen molar-refractivity contribution >= 4 is 45.0 Å². The standard InChI is InChI=1S/C20H23ClF2N2O3S2/c1-3-19(25(30(2,27)28)15-9-7-14(22)8-10-15)20(26)24-11-12-29-13-16-17(21)5-4-6-18(16)23/h4-10,19H,3,11-13H2,1-2H3,(H,24,26)/t19-/m1/s1. The van der Waals surface area contributed by atoms with Gasteiger partial charge in [-0.1, -0.05) is 24.6 Å². The van der Waals surface area contributed by atoms with Crippen LogP contribution in [0.15, 0.2) is 42.5 Å². The van der Waals surface area contributed by atoms with Crippen molar-refractivity contribution in [2.75, 3.05) is 22.9 Å². The number of rotatable bonds is 10. The lowest BCUT2D eigenvalue weighted by atomic mass is 10.2. The summed E-state index contributed by atoms with van der Waals surface area (Å²) in [7, 11) is -3.78. The van der Waals surface area contributed by atoms with E-state index in [-0.39, 0.29) is 24.5 Å². The molecule has 0 radical (unpaired) electrons. The van der Waals surface area contributed by atoms with Gasteiger partial charge < -0.3 is 5.32 Å². The number of hydrogen-bond donors (Lipinski definition) is 1. The second kappa shape index (κ2) is 11.0. The third-order valence-corrected chi connectivity index (χ3v) is 6.78. The van der Waals surface area contributed by atoms with Gasteiger partial charge in [0.2, 0.25) is 15.9 Å². The molecule has 1 amide bonds. The number of anilines is 1. The lowest BCUT2D eigenvalue weighted by Crippen LogP contribution is -2.49. The summed E-state index contributed by atoms with van der Waals surface area (Å²) < 4.78 is 52.6. The summed E-state index contributed by atoms with van der Waals surface area (Å²) in [5.74, 6) is -0.507. The zero-order chi connectivity index (χ0) is 22.3. The summed E-state index contributed by atoms with van der Waals surface area (Å²) in [6.45, 7) is 1.97. The summed E-state index contributed by atoms with van der Waals surface area (Å²) in [5.41, 5.74) is 0.617. The van der Waals surface area contributed by atoms with Crippen LogP contribution >= 0.6 is 23.4 Å². The highest BCUT2D eigenvalue weighted by atomic mass is 35.5. The number of carbonyl (C=O) groups excluding carboxylic acids is 1. The highest BCUT2D eigenvalue weighted by Gasteiger charge is 2.31. The number of nitrogens with one attached hydrogen (secondary N) is 1. The van der Waals surface area contributed by atoms with Gasteiger partial charge >= 0.3 is 0 Å². The maximum absolute atomic E-state index is 13.8. The number of benzene rings is 2. The summed E-state index contributed by atoms with van der Waals surface area (Å²) in [6.07, 6.45) is 1.23. The minimum absolute atomic E-state index is 0.212. The quantitative estimate of drug-likeness (QED) is 0.521. The van der Waals surface area contributed by atoms with Gasteiger partial charge in [0, 0.05) is 28.6 Å². The van der Waals surface area contributed by atoms with E-state index in [1.165, 1.54) is 36.0 Å². The maximum Gasteiger partial charge on any atom is 0.243 e. The van der Waals surface area contributed by atoms with Gasteiger partial charge in [-0.2, -0.15) is 11.8 Å². The molecule has 10 heteroatoms. The fourth-order valence-electron chi connectivity index (χ4n) is 2.86. The highest BCUT2D eigenvalue weighted by Crippen LogP contribution is 2.24. The molecule has 0 aliphatic heterocycles. The number of hydrogen-bond acceptors (Lipinski definition) is 4. The van der Waals surface area contributed by atoms with Crippen LogP contribution in [0.5, 0.6) is 0 Å². The molecule has 0 spiro atoms. The van der Waals surface area contributed by atoms with Gasteiger partial charge in [0.15, 0.2) is 0 Å². The Labute approximate surface area is 184 Å². The maximum atomic E-state index is 13.8. The van der Waals surface area contributed by atoms with E-state index in [4.69, 9.17) is 11.6 Å². The molecule has 0 unspecified atom stereocenters. The average molecular weight is 477 g/mol. The van der Waals surface area contributed by atoms with Crippen molar-refractivity contribution in [2.45, 2.75) is 25.1 Å². The molecule has 0 saturated carbocycles. The van der Waals surface area contributed by atoms with Crippen LogP contribution in [-0.4, -0.2) is 38.9 Å². The smallest absolute Gasteiger partial charge is 0.243 e. The van der Waals surface area contributed by atoms with Gasteiger partial charge in [-0.3, -0.25) is 9.10 Å². The molecule has 30 heavy (non-hydrogen) atoms. The van der Waals surface area contributed by atoms with Crippen LogP contribution in [0.4, 0.5) is 14.5 Å². The molecular formula is C20H23ClF2N2O3S2. The summed E-state index contributed by atoms with van der Waals surface area (Å²) in [4.78, 5) is 12.7. The topological polar surface area (TPSA) is 66.5 Å². The minimum atomic E-state index is -3.78. The van der Waals surface area contributed by atoms with Gasteiger partial charge in [-0.05, 0) is 42.8 Å². The predicted molar refractivity (Wildman–Crippen MR) is 118 cm³/mol. The number of nitrogens with zero attached hydrogens (tertiary/aromatic N) is 1. The van der Waals surface area contributed by atoms with Crippen molar-refractivity contribution in [3.63, 3.8) is 0 Å². The normalized spacial score (nSPS) is 12.4. The Morgan fingerprint density at radius 3 is 2.43 bits per heavy atom. The molecule has 0 fully saturated rings. The molecule has 1 N–H and O–H groups in total. The Kier molecular flexibility index (Phi) is 8.93. The summed E-state index contributed by atoms with van der Waals surface area (Å²) in [5, 5.41) is 3.06. The van der Waals surface area contributed by atoms with Crippen LogP contribution in [-0.2, 0) is 20.6 Å². The number of amides is 1. The van der Waals surface area contributed by atoms with Gasteiger partial charge in [0.25, 0.3) is 0 Å². The fraction of sp³-hybridized carbons (Fsp3) is 0.350. The lowest BCUT2D eigenvalue weighted by molar-refractivity contribution is -0.122. The van der Waals surface area contributed by atoms with E-state index in [1.54, 1.807) is 13.0 Å². The van der Waals surface area contributed by atoms with Crippen molar-refractivity contribution in [1.29, 1.82) is 0 Å². The van der Waals surface area contributed by atoms with Crippen molar-refractivity contribution in [2.24, 2.45) is 0 Å². The highest BCUT2D eigenvalue weighted by molar-refractivity contribution is 7.98. The number of carbonyl (C=O) groups is 1. The summed E-state index contributed by atoms with van der Waals surface area (Å²) >= 11 is 7.38. The van der Waals surface area contributed by atoms with Gasteiger partial charge in [0.1, 0.15) is 17.7 Å². The molecule has 2 aromatic rings. The van der Waals surface area contributed by atoms with Crippen molar-refractivity contribution < 1.29 is 22.0 Å². The first kappa shape index (κ1) is 24.4. The monoisotopic (exact) mass is 476 g/mol. The Hall–Kier alpha value is -1.84. The first-order valence-electron chi connectivity index (χ1n) is 9.18. The second-order valence-electron chi connectivity index (χ2n) is 6.50. The molecule has 0 aliphatic carbocycles. The first-order chi connectivity index (χ1) is 14.1. The van der Waals surface area contributed by atoms with Crippen LogP contribution in [0, 0.1) is 11.6 Å². The zero-order valence-corrected chi connectivity index (χ0v) is 19.0. The van der Waals surface area contributed by atoms with E-state index in [1.807, 2.05) is 0 Å². The third-order valence-electron chi connectivity index (χ3n) is 4.26. The predicted octanol–water partition coefficient (Wildman–Crippen LogP) is 4.21. The molecule has 164 valence electrons. The van der Waals surface area contributed by atoms with Crippen molar-refractivity contribution in [1.82, 2.24) is 5.32 Å². The second-order valence-corrected chi connectivity index (χ2v) is 9.87. The van der Waals surface area contributed by atoms with E-state index < -0.39 is 27.8 Å². The van der Waals surface area contributed by atoms with Crippen LogP contribution in [0.25, 0.3) is 0 Å². The fourth-order valence-corrected chi connectivity index (χ4v) is 5.27. The number of halogens is 3. The Morgan fingerprint density at radius 2 is 1.87 bits per heavy atom. The van der Waals surface area contributed by atoms with Crippen molar-refractivity contribution in [3.05, 3.63) is 64.7 Å². The van der Waals surface area contributed by atoms with Crippen LogP contribution in [0.2, 0.25) is 5.02 Å². The number of thioether (sulfide) groups is 1. The Bertz CT molecular complexity index is 952. The van der Waals surface area contributed by atoms with E-state index >= 15 is 0 Å². The van der Waals surface area contributed by atoms with Crippen molar-refractivity contribution in [3.8, 4) is 0 Å².